The smallest absolute Gasteiger partial charge is 0.256 e. The lowest BCUT2D eigenvalue weighted by Crippen LogP contribution is -2.12. The van der Waals surface area contributed by atoms with Gasteiger partial charge in [0.1, 0.15) is 0 Å². The molecule has 3 heteroatoms. The fourth-order valence-electron chi connectivity index (χ4n) is 2.90. The molecule has 0 spiro atoms. The van der Waals surface area contributed by atoms with Gasteiger partial charge in [0.05, 0.1) is 11.1 Å². The minimum atomic E-state index is -0.135. The minimum Gasteiger partial charge on any atom is -0.322 e. The molecule has 0 bridgehead atoms. The molecule has 0 aliphatic rings. The van der Waals surface area contributed by atoms with E-state index in [9.17, 15) is 4.79 Å². The van der Waals surface area contributed by atoms with Gasteiger partial charge in [0.2, 0.25) is 0 Å². The first-order valence-electron chi connectivity index (χ1n) is 8.12. The fraction of sp³-hybridized carbons (Fsp3) is 0. The molecule has 1 aromatic heterocycles. The second-order valence-electron chi connectivity index (χ2n) is 5.78. The Kier molecular flexibility index (Phi) is 3.97. The van der Waals surface area contributed by atoms with E-state index in [2.05, 4.69) is 22.4 Å². The highest BCUT2D eigenvalue weighted by Gasteiger charge is 2.11. The van der Waals surface area contributed by atoms with Gasteiger partial charge in [-0.3, -0.25) is 9.78 Å². The highest BCUT2D eigenvalue weighted by molar-refractivity contribution is 6.12. The second kappa shape index (κ2) is 6.57. The number of nitrogens with zero attached hydrogens (tertiary/aromatic N) is 1. The maximum atomic E-state index is 12.7. The van der Waals surface area contributed by atoms with E-state index in [0.717, 1.165) is 27.7 Å². The van der Waals surface area contributed by atoms with Crippen LogP contribution in [0.5, 0.6) is 0 Å². The fourth-order valence-corrected chi connectivity index (χ4v) is 2.90. The number of benzene rings is 3. The van der Waals surface area contributed by atoms with E-state index < -0.39 is 0 Å². The molecule has 0 aliphatic heterocycles. The highest BCUT2D eigenvalue weighted by Crippen LogP contribution is 2.23. The van der Waals surface area contributed by atoms with E-state index in [1.807, 2.05) is 66.7 Å². The summed E-state index contributed by atoms with van der Waals surface area (Å²) in [4.78, 5) is 17.0. The van der Waals surface area contributed by atoms with Crippen molar-refractivity contribution in [3.05, 3.63) is 96.7 Å². The van der Waals surface area contributed by atoms with E-state index in [1.54, 1.807) is 12.3 Å². The average molecular weight is 324 g/mol. The zero-order valence-corrected chi connectivity index (χ0v) is 13.5. The van der Waals surface area contributed by atoms with Crippen LogP contribution in [-0.2, 0) is 0 Å². The first-order chi connectivity index (χ1) is 12.3. The maximum absolute atomic E-state index is 12.7. The lowest BCUT2D eigenvalue weighted by Gasteiger charge is -2.09. The Morgan fingerprint density at radius 2 is 1.52 bits per heavy atom. The third-order valence-corrected chi connectivity index (χ3v) is 4.12. The Labute approximate surface area is 146 Å². The van der Waals surface area contributed by atoms with Crippen molar-refractivity contribution in [3.8, 4) is 11.1 Å². The first kappa shape index (κ1) is 15.1. The molecule has 1 amide bonds. The summed E-state index contributed by atoms with van der Waals surface area (Å²) in [5.41, 5.74) is 4.39. The van der Waals surface area contributed by atoms with Crippen LogP contribution in [0.4, 0.5) is 5.69 Å². The molecule has 0 aliphatic carbocycles. The number of hydrogen-bond donors (Lipinski definition) is 1. The van der Waals surface area contributed by atoms with Crippen molar-refractivity contribution in [2.45, 2.75) is 0 Å². The SMILES string of the molecule is O=C(Nc1cccc(-c2ccccc2)c1)c1ccnc2ccccc12. The summed E-state index contributed by atoms with van der Waals surface area (Å²) >= 11 is 0. The van der Waals surface area contributed by atoms with Gasteiger partial charge in [-0.1, -0.05) is 60.7 Å². The van der Waals surface area contributed by atoms with E-state index in [1.165, 1.54) is 0 Å². The molecule has 3 nitrogen and oxygen atoms in total. The summed E-state index contributed by atoms with van der Waals surface area (Å²) in [6.07, 6.45) is 1.66. The molecule has 3 aromatic carbocycles. The Morgan fingerprint density at radius 3 is 2.40 bits per heavy atom. The summed E-state index contributed by atoms with van der Waals surface area (Å²) in [6.45, 7) is 0. The molecule has 0 fully saturated rings. The minimum absolute atomic E-state index is 0.135. The zero-order chi connectivity index (χ0) is 17.1. The molecule has 0 saturated heterocycles. The quantitative estimate of drug-likeness (QED) is 0.566. The molecule has 0 radical (unpaired) electrons. The summed E-state index contributed by atoms with van der Waals surface area (Å²) in [7, 11) is 0. The second-order valence-corrected chi connectivity index (χ2v) is 5.78. The predicted octanol–water partition coefficient (Wildman–Crippen LogP) is 5.15. The number of rotatable bonds is 3. The number of hydrogen-bond acceptors (Lipinski definition) is 2. The van der Waals surface area contributed by atoms with Gasteiger partial charge in [-0.25, -0.2) is 0 Å². The average Bonchev–Trinajstić information content (AvgIpc) is 2.68. The molecular formula is C22H16N2O. The number of fused-ring (bicyclic) bond motifs is 1. The van der Waals surface area contributed by atoms with Crippen LogP contribution < -0.4 is 5.32 Å². The number of pyridine rings is 1. The first-order valence-corrected chi connectivity index (χ1v) is 8.12. The van der Waals surface area contributed by atoms with Gasteiger partial charge in [-0.2, -0.15) is 0 Å². The number of aromatic nitrogens is 1. The topological polar surface area (TPSA) is 42.0 Å². The van der Waals surface area contributed by atoms with Crippen LogP contribution >= 0.6 is 0 Å². The van der Waals surface area contributed by atoms with Crippen LogP contribution in [0.2, 0.25) is 0 Å². The standard InChI is InChI=1S/C22H16N2O/c25-22(20-13-14-23-21-12-5-4-11-19(20)21)24-18-10-6-9-17(15-18)16-7-2-1-3-8-16/h1-15H,(H,24,25). The Balaban J connectivity index is 1.65. The molecule has 1 N–H and O–H groups in total. The molecule has 4 aromatic rings. The third-order valence-electron chi connectivity index (χ3n) is 4.12. The van der Waals surface area contributed by atoms with Crippen LogP contribution in [0.3, 0.4) is 0 Å². The van der Waals surface area contributed by atoms with Gasteiger partial charge in [0, 0.05) is 17.3 Å². The van der Waals surface area contributed by atoms with Gasteiger partial charge >= 0.3 is 0 Å². The predicted molar refractivity (Wildman–Crippen MR) is 102 cm³/mol. The monoisotopic (exact) mass is 324 g/mol. The van der Waals surface area contributed by atoms with E-state index in [0.29, 0.717) is 5.56 Å². The number of carbonyl (C=O) groups excluding carboxylic acids is 1. The molecule has 120 valence electrons. The molecular weight excluding hydrogens is 308 g/mol. The molecule has 0 saturated carbocycles. The Hall–Kier alpha value is -3.46. The molecule has 0 unspecified atom stereocenters. The number of nitrogens with one attached hydrogen (secondary N) is 1. The number of carbonyl (C=O) groups is 1. The van der Waals surface area contributed by atoms with Crippen molar-refractivity contribution >= 4 is 22.5 Å². The van der Waals surface area contributed by atoms with Crippen molar-refractivity contribution in [1.82, 2.24) is 4.98 Å². The van der Waals surface area contributed by atoms with Crippen molar-refractivity contribution in [2.24, 2.45) is 0 Å². The van der Waals surface area contributed by atoms with Crippen molar-refractivity contribution in [2.75, 3.05) is 5.32 Å². The summed E-state index contributed by atoms with van der Waals surface area (Å²) < 4.78 is 0. The molecule has 4 rings (SSSR count). The van der Waals surface area contributed by atoms with Crippen molar-refractivity contribution in [1.29, 1.82) is 0 Å². The van der Waals surface area contributed by atoms with Crippen molar-refractivity contribution < 1.29 is 4.79 Å². The van der Waals surface area contributed by atoms with Gasteiger partial charge in [0.15, 0.2) is 0 Å². The molecule has 0 atom stereocenters. The summed E-state index contributed by atoms with van der Waals surface area (Å²) in [6, 6.07) is 27.4. The van der Waals surface area contributed by atoms with Gasteiger partial charge in [0.25, 0.3) is 5.91 Å². The highest BCUT2D eigenvalue weighted by atomic mass is 16.1. The van der Waals surface area contributed by atoms with Crippen LogP contribution in [0, 0.1) is 0 Å². The van der Waals surface area contributed by atoms with E-state index in [-0.39, 0.29) is 5.91 Å². The Bertz CT molecular complexity index is 1040. The van der Waals surface area contributed by atoms with Crippen LogP contribution in [0.25, 0.3) is 22.0 Å². The van der Waals surface area contributed by atoms with Crippen LogP contribution in [-0.4, -0.2) is 10.9 Å². The third kappa shape index (κ3) is 3.12. The lowest BCUT2D eigenvalue weighted by molar-refractivity contribution is 0.102. The lowest BCUT2D eigenvalue weighted by atomic mass is 10.0. The van der Waals surface area contributed by atoms with Crippen molar-refractivity contribution in [3.63, 3.8) is 0 Å². The number of para-hydroxylation sites is 1. The number of anilines is 1. The molecule has 25 heavy (non-hydrogen) atoms. The number of amides is 1. The van der Waals surface area contributed by atoms with Crippen LogP contribution in [0.1, 0.15) is 10.4 Å². The largest absolute Gasteiger partial charge is 0.322 e. The van der Waals surface area contributed by atoms with E-state index >= 15 is 0 Å². The van der Waals surface area contributed by atoms with E-state index in [4.69, 9.17) is 0 Å². The Morgan fingerprint density at radius 1 is 0.760 bits per heavy atom. The van der Waals surface area contributed by atoms with Crippen LogP contribution in [0.15, 0.2) is 91.1 Å². The zero-order valence-electron chi connectivity index (χ0n) is 13.5. The van der Waals surface area contributed by atoms with Gasteiger partial charge in [-0.15, -0.1) is 0 Å². The molecule has 1 heterocycles. The van der Waals surface area contributed by atoms with Gasteiger partial charge in [-0.05, 0) is 35.4 Å². The van der Waals surface area contributed by atoms with Gasteiger partial charge < -0.3 is 5.32 Å². The summed E-state index contributed by atoms with van der Waals surface area (Å²) in [5, 5.41) is 3.84. The summed E-state index contributed by atoms with van der Waals surface area (Å²) in [5.74, 6) is -0.135. The maximum Gasteiger partial charge on any atom is 0.256 e. The normalized spacial score (nSPS) is 10.6.